The molecule has 0 aromatic rings. The van der Waals surface area contributed by atoms with Crippen LogP contribution in [0.4, 0.5) is 0 Å². The molecule has 0 spiro atoms. The molecule has 0 N–H and O–H groups in total. The maximum atomic E-state index is 6.48. The number of hydrogen-bond acceptors (Lipinski definition) is 2. The van der Waals surface area contributed by atoms with Crippen LogP contribution in [0.1, 0.15) is 142 Å². The van der Waals surface area contributed by atoms with Gasteiger partial charge in [-0.2, -0.15) is 0 Å². The molecule has 0 fully saturated rings. The first kappa shape index (κ1) is 38.8. The first-order valence-electron chi connectivity index (χ1n) is 17.3. The van der Waals surface area contributed by atoms with Crippen molar-refractivity contribution in [2.45, 2.75) is 142 Å². The van der Waals surface area contributed by atoms with Gasteiger partial charge in [0.25, 0.3) is 0 Å². The lowest BCUT2D eigenvalue weighted by atomic mass is 9.81. The summed E-state index contributed by atoms with van der Waals surface area (Å²) in [7, 11) is 14.1. The van der Waals surface area contributed by atoms with E-state index in [2.05, 4.69) is 56.1 Å². The van der Waals surface area contributed by atoms with Crippen LogP contribution in [0.2, 0.25) is 0 Å². The number of unbranched alkanes of at least 4 members (excludes halogenated alkanes) is 16. The minimum atomic E-state index is 0.247. The molecular weight excluding hydrogens is 480 g/mol. The van der Waals surface area contributed by atoms with Crippen molar-refractivity contribution in [1.29, 1.82) is 0 Å². The number of quaternary nitrogens is 2. The molecule has 0 unspecified atom stereocenters. The van der Waals surface area contributed by atoms with Crippen molar-refractivity contribution < 1.29 is 18.4 Å². The van der Waals surface area contributed by atoms with Crippen molar-refractivity contribution >= 4 is 0 Å². The second-order valence-electron chi connectivity index (χ2n) is 14.8. The first-order chi connectivity index (χ1) is 18.5. The standard InChI is InChI=1S/C35H76N2O2/c1-9-11-13-15-16-17-18-19-22-27-31-39-34-35(32-36(3,4)5,33-37(6,7)8)28-24-21-20-23-26-30-38-29-25-14-12-10-2/h9-34H2,1-8H3/q+2. The Balaban J connectivity index is 4.40. The van der Waals surface area contributed by atoms with Crippen LogP contribution in [0.5, 0.6) is 0 Å². The number of ether oxygens (including phenoxy) is 2. The summed E-state index contributed by atoms with van der Waals surface area (Å²) in [4.78, 5) is 0. The number of hydrogen-bond donors (Lipinski definition) is 0. The zero-order valence-corrected chi connectivity index (χ0v) is 28.6. The van der Waals surface area contributed by atoms with Gasteiger partial charge in [0.2, 0.25) is 0 Å². The minimum Gasteiger partial charge on any atom is -0.381 e. The van der Waals surface area contributed by atoms with Crippen LogP contribution in [0.25, 0.3) is 0 Å². The highest BCUT2D eigenvalue weighted by Gasteiger charge is 2.40. The third kappa shape index (κ3) is 27.8. The molecule has 0 aliphatic heterocycles. The molecule has 236 valence electrons. The molecule has 0 radical (unpaired) electrons. The fourth-order valence-electron chi connectivity index (χ4n) is 6.33. The van der Waals surface area contributed by atoms with Gasteiger partial charge in [-0.3, -0.25) is 0 Å². The predicted octanol–water partition coefficient (Wildman–Crippen LogP) is 9.26. The maximum absolute atomic E-state index is 6.48. The van der Waals surface area contributed by atoms with E-state index in [9.17, 15) is 0 Å². The van der Waals surface area contributed by atoms with Gasteiger partial charge >= 0.3 is 0 Å². The van der Waals surface area contributed by atoms with E-state index < -0.39 is 0 Å². The molecule has 0 aliphatic carbocycles. The monoisotopic (exact) mass is 557 g/mol. The van der Waals surface area contributed by atoms with E-state index in [1.807, 2.05) is 0 Å². The second-order valence-corrected chi connectivity index (χ2v) is 14.8. The van der Waals surface area contributed by atoms with E-state index in [0.717, 1.165) is 35.4 Å². The normalized spacial score (nSPS) is 12.9. The Bertz CT molecular complexity index is 464. The average Bonchev–Trinajstić information content (AvgIpc) is 2.83. The maximum Gasteiger partial charge on any atom is 0.0915 e. The molecule has 0 aromatic carbocycles. The fraction of sp³-hybridized carbons (Fsp3) is 1.00. The second kappa shape index (κ2) is 24.4. The van der Waals surface area contributed by atoms with Crippen molar-refractivity contribution in [3.05, 3.63) is 0 Å². The van der Waals surface area contributed by atoms with E-state index >= 15 is 0 Å². The van der Waals surface area contributed by atoms with Crippen LogP contribution in [0.3, 0.4) is 0 Å². The Labute approximate surface area is 247 Å². The van der Waals surface area contributed by atoms with Gasteiger partial charge in [0, 0.05) is 19.8 Å². The fourth-order valence-corrected chi connectivity index (χ4v) is 6.33. The minimum absolute atomic E-state index is 0.247. The lowest BCUT2D eigenvalue weighted by Crippen LogP contribution is -2.55. The third-order valence-corrected chi connectivity index (χ3v) is 7.81. The van der Waals surface area contributed by atoms with Crippen molar-refractivity contribution in [3.63, 3.8) is 0 Å². The van der Waals surface area contributed by atoms with E-state index in [-0.39, 0.29) is 5.41 Å². The highest BCUT2D eigenvalue weighted by Crippen LogP contribution is 2.31. The molecule has 39 heavy (non-hydrogen) atoms. The quantitative estimate of drug-likeness (QED) is 0.0648. The van der Waals surface area contributed by atoms with Crippen molar-refractivity contribution in [2.24, 2.45) is 5.41 Å². The highest BCUT2D eigenvalue weighted by atomic mass is 16.5. The van der Waals surface area contributed by atoms with Gasteiger partial charge < -0.3 is 18.4 Å². The third-order valence-electron chi connectivity index (χ3n) is 7.81. The van der Waals surface area contributed by atoms with Crippen LogP contribution in [0, 0.1) is 5.41 Å². The molecule has 0 atom stereocenters. The van der Waals surface area contributed by atoms with Crippen LogP contribution >= 0.6 is 0 Å². The topological polar surface area (TPSA) is 18.5 Å². The molecule has 0 saturated carbocycles. The Morgan fingerprint density at radius 1 is 0.410 bits per heavy atom. The van der Waals surface area contributed by atoms with Gasteiger partial charge in [0.1, 0.15) is 0 Å². The Morgan fingerprint density at radius 3 is 1.15 bits per heavy atom. The molecule has 4 heteroatoms. The average molecular weight is 557 g/mol. The summed E-state index contributed by atoms with van der Waals surface area (Å²) >= 11 is 0. The molecule has 0 saturated heterocycles. The predicted molar refractivity (Wildman–Crippen MR) is 174 cm³/mol. The van der Waals surface area contributed by atoms with E-state index in [4.69, 9.17) is 9.47 Å². The molecular formula is C35H76N2O2+2. The van der Waals surface area contributed by atoms with Crippen molar-refractivity contribution in [2.75, 3.05) is 81.8 Å². The molecule has 4 nitrogen and oxygen atoms in total. The van der Waals surface area contributed by atoms with Gasteiger partial charge in [0.05, 0.1) is 67.4 Å². The van der Waals surface area contributed by atoms with Crippen LogP contribution in [0.15, 0.2) is 0 Å². The van der Waals surface area contributed by atoms with Gasteiger partial charge in [0.15, 0.2) is 0 Å². The smallest absolute Gasteiger partial charge is 0.0915 e. The summed E-state index contributed by atoms with van der Waals surface area (Å²) in [6.07, 6.45) is 26.8. The van der Waals surface area contributed by atoms with Crippen LogP contribution in [-0.4, -0.2) is 90.8 Å². The summed E-state index contributed by atoms with van der Waals surface area (Å²) in [5.74, 6) is 0. The lowest BCUT2D eigenvalue weighted by molar-refractivity contribution is -0.903. The van der Waals surface area contributed by atoms with Crippen molar-refractivity contribution in [3.8, 4) is 0 Å². The zero-order valence-electron chi connectivity index (χ0n) is 28.6. The number of rotatable bonds is 30. The Hall–Kier alpha value is -0.160. The summed E-state index contributed by atoms with van der Waals surface area (Å²) in [5, 5.41) is 0. The van der Waals surface area contributed by atoms with E-state index in [0.29, 0.717) is 0 Å². The largest absolute Gasteiger partial charge is 0.381 e. The van der Waals surface area contributed by atoms with Crippen molar-refractivity contribution in [1.82, 2.24) is 0 Å². The SMILES string of the molecule is CCCCCCCCCCCCOCC(CCCCCCCOCCCCCC)(C[N+](C)(C)C)C[N+](C)(C)C. The Morgan fingerprint density at radius 2 is 0.744 bits per heavy atom. The molecule has 0 aliphatic rings. The van der Waals surface area contributed by atoms with Gasteiger partial charge in [-0.25, -0.2) is 0 Å². The van der Waals surface area contributed by atoms with Gasteiger partial charge in [-0.05, 0) is 25.7 Å². The van der Waals surface area contributed by atoms with E-state index in [1.54, 1.807) is 0 Å². The van der Waals surface area contributed by atoms with Gasteiger partial charge in [-0.15, -0.1) is 0 Å². The first-order valence-corrected chi connectivity index (χ1v) is 17.3. The number of nitrogens with zero attached hydrogens (tertiary/aromatic N) is 2. The highest BCUT2D eigenvalue weighted by molar-refractivity contribution is 4.79. The summed E-state index contributed by atoms with van der Waals surface area (Å²) in [6, 6.07) is 0. The van der Waals surface area contributed by atoms with Gasteiger partial charge in [-0.1, -0.05) is 117 Å². The molecule has 0 heterocycles. The molecule has 0 aromatic heterocycles. The van der Waals surface area contributed by atoms with Crippen LogP contribution in [-0.2, 0) is 9.47 Å². The Kier molecular flexibility index (Phi) is 24.3. The van der Waals surface area contributed by atoms with E-state index in [1.165, 1.54) is 142 Å². The summed E-state index contributed by atoms with van der Waals surface area (Å²) < 4.78 is 14.3. The molecule has 0 bridgehead atoms. The molecule has 0 rings (SSSR count). The zero-order chi connectivity index (χ0) is 29.3. The van der Waals surface area contributed by atoms with Crippen LogP contribution < -0.4 is 0 Å². The summed E-state index contributed by atoms with van der Waals surface area (Å²) in [5.41, 5.74) is 0.247. The summed E-state index contributed by atoms with van der Waals surface area (Å²) in [6.45, 7) is 10.7. The lowest BCUT2D eigenvalue weighted by Gasteiger charge is -2.42. The molecule has 0 amide bonds.